The number of amides is 2. The minimum Gasteiger partial charge on any atom is -0.459 e. The predicted octanol–water partition coefficient (Wildman–Crippen LogP) is 2.78. The summed E-state index contributed by atoms with van der Waals surface area (Å²) in [6.07, 6.45) is 6.24. The largest absolute Gasteiger partial charge is 0.459 e. The van der Waals surface area contributed by atoms with Crippen LogP contribution in [0.3, 0.4) is 0 Å². The quantitative estimate of drug-likeness (QED) is 0.579. The van der Waals surface area contributed by atoms with Crippen LogP contribution in [0.25, 0.3) is 0 Å². The smallest absolute Gasteiger partial charge is 0.308 e. The summed E-state index contributed by atoms with van der Waals surface area (Å²) in [5.74, 6) is 1.48. The van der Waals surface area contributed by atoms with Crippen molar-refractivity contribution in [2.45, 2.75) is 64.9 Å². The number of carbonyl (C=O) groups is 3. The van der Waals surface area contributed by atoms with Crippen LogP contribution in [0.2, 0.25) is 0 Å². The average Bonchev–Trinajstić information content (AvgIpc) is 2.74. The molecule has 25 heavy (non-hydrogen) atoms. The zero-order valence-electron chi connectivity index (χ0n) is 15.5. The van der Waals surface area contributed by atoms with E-state index in [-0.39, 0.29) is 48.2 Å². The van der Waals surface area contributed by atoms with Gasteiger partial charge in [-0.15, -0.1) is 0 Å². The molecule has 0 aromatic heterocycles. The van der Waals surface area contributed by atoms with Crippen molar-refractivity contribution in [3.63, 3.8) is 0 Å². The van der Waals surface area contributed by atoms with Crippen LogP contribution in [0, 0.1) is 35.5 Å². The molecule has 0 spiro atoms. The maximum Gasteiger partial charge on any atom is 0.308 e. The molecule has 138 valence electrons. The number of ether oxygens (including phenoxy) is 1. The maximum atomic E-state index is 12.5. The van der Waals surface area contributed by atoms with Gasteiger partial charge >= 0.3 is 5.97 Å². The lowest BCUT2D eigenvalue weighted by atomic mass is 9.50. The second-order valence-electron chi connectivity index (χ2n) is 9.12. The SMILES string of the molecule is CC1C(=O)N(CCC(=O)OC2(C)C3CC4CC(C3)CC2C4)C(=O)C1C. The number of hydrogen-bond acceptors (Lipinski definition) is 4. The lowest BCUT2D eigenvalue weighted by Crippen LogP contribution is -2.58. The van der Waals surface area contributed by atoms with Gasteiger partial charge in [-0.1, -0.05) is 13.8 Å². The van der Waals surface area contributed by atoms with E-state index in [4.69, 9.17) is 4.74 Å². The van der Waals surface area contributed by atoms with Crippen molar-refractivity contribution in [2.75, 3.05) is 6.54 Å². The highest BCUT2D eigenvalue weighted by Gasteiger charge is 2.57. The van der Waals surface area contributed by atoms with Gasteiger partial charge in [-0.3, -0.25) is 19.3 Å². The number of rotatable bonds is 4. The van der Waals surface area contributed by atoms with Crippen LogP contribution < -0.4 is 0 Å². The van der Waals surface area contributed by atoms with E-state index in [1.807, 2.05) is 0 Å². The van der Waals surface area contributed by atoms with Crippen molar-refractivity contribution in [3.8, 4) is 0 Å². The molecule has 5 fully saturated rings. The van der Waals surface area contributed by atoms with E-state index in [0.29, 0.717) is 11.8 Å². The van der Waals surface area contributed by atoms with Crippen LogP contribution in [0.4, 0.5) is 0 Å². The van der Waals surface area contributed by atoms with Crippen molar-refractivity contribution in [1.29, 1.82) is 0 Å². The van der Waals surface area contributed by atoms with Crippen molar-refractivity contribution in [2.24, 2.45) is 35.5 Å². The molecule has 2 atom stereocenters. The summed E-state index contributed by atoms with van der Waals surface area (Å²) < 4.78 is 6.01. The predicted molar refractivity (Wildman–Crippen MR) is 91.2 cm³/mol. The Bertz CT molecular complexity index is 565. The standard InChI is InChI=1S/C20H29NO4/c1-11-12(2)19(24)21(18(11)23)5-4-17(22)25-20(3)15-7-13-6-14(9-15)10-16(20)8-13/h11-16H,4-10H2,1-3H3. The first-order chi connectivity index (χ1) is 11.8. The van der Waals surface area contributed by atoms with E-state index < -0.39 is 0 Å². The second-order valence-corrected chi connectivity index (χ2v) is 9.12. The Morgan fingerprint density at radius 1 is 1.00 bits per heavy atom. The molecule has 1 saturated heterocycles. The average molecular weight is 347 g/mol. The third-order valence-corrected chi connectivity index (χ3v) is 7.69. The number of nitrogens with zero attached hydrogens (tertiary/aromatic N) is 1. The fraction of sp³-hybridized carbons (Fsp3) is 0.850. The number of esters is 1. The lowest BCUT2D eigenvalue weighted by Gasteiger charge is -2.59. The lowest BCUT2D eigenvalue weighted by molar-refractivity contribution is -0.203. The van der Waals surface area contributed by atoms with Gasteiger partial charge < -0.3 is 4.74 Å². The van der Waals surface area contributed by atoms with Gasteiger partial charge in [-0.25, -0.2) is 0 Å². The summed E-state index contributed by atoms with van der Waals surface area (Å²) in [5, 5.41) is 0. The third kappa shape index (κ3) is 2.61. The molecular weight excluding hydrogens is 318 g/mol. The van der Waals surface area contributed by atoms with Crippen molar-refractivity contribution >= 4 is 17.8 Å². The first-order valence-corrected chi connectivity index (χ1v) is 9.86. The Balaban J connectivity index is 1.37. The zero-order valence-corrected chi connectivity index (χ0v) is 15.5. The van der Waals surface area contributed by atoms with Crippen LogP contribution in [-0.4, -0.2) is 34.8 Å². The van der Waals surface area contributed by atoms with Gasteiger partial charge in [0, 0.05) is 18.4 Å². The van der Waals surface area contributed by atoms with E-state index in [1.165, 1.54) is 37.0 Å². The Morgan fingerprint density at radius 3 is 1.96 bits per heavy atom. The van der Waals surface area contributed by atoms with Gasteiger partial charge in [0.1, 0.15) is 5.60 Å². The van der Waals surface area contributed by atoms with Gasteiger partial charge in [-0.05, 0) is 62.7 Å². The molecule has 0 N–H and O–H groups in total. The van der Waals surface area contributed by atoms with Gasteiger partial charge in [0.25, 0.3) is 0 Å². The summed E-state index contributed by atoms with van der Waals surface area (Å²) in [6.45, 7) is 5.83. The molecule has 4 aliphatic carbocycles. The first kappa shape index (κ1) is 17.0. The molecule has 0 aromatic carbocycles. The Morgan fingerprint density at radius 2 is 1.48 bits per heavy atom. The van der Waals surface area contributed by atoms with Gasteiger partial charge in [0.2, 0.25) is 11.8 Å². The Hall–Kier alpha value is -1.39. The molecule has 1 heterocycles. The van der Waals surface area contributed by atoms with E-state index in [1.54, 1.807) is 13.8 Å². The van der Waals surface area contributed by atoms with Crippen LogP contribution in [0.15, 0.2) is 0 Å². The molecule has 1 aliphatic heterocycles. The van der Waals surface area contributed by atoms with Gasteiger partial charge in [0.15, 0.2) is 0 Å². The molecule has 2 unspecified atom stereocenters. The molecule has 5 aliphatic rings. The summed E-state index contributed by atoms with van der Waals surface area (Å²) >= 11 is 0. The molecule has 4 bridgehead atoms. The highest BCUT2D eigenvalue weighted by Crippen LogP contribution is 2.59. The van der Waals surface area contributed by atoms with Crippen LogP contribution in [0.5, 0.6) is 0 Å². The van der Waals surface area contributed by atoms with E-state index in [2.05, 4.69) is 6.92 Å². The number of hydrogen-bond donors (Lipinski definition) is 0. The molecule has 0 aromatic rings. The van der Waals surface area contributed by atoms with Crippen molar-refractivity contribution in [3.05, 3.63) is 0 Å². The molecule has 4 saturated carbocycles. The monoisotopic (exact) mass is 347 g/mol. The molecule has 5 nitrogen and oxygen atoms in total. The van der Waals surface area contributed by atoms with Crippen LogP contribution in [-0.2, 0) is 19.1 Å². The highest BCUT2D eigenvalue weighted by molar-refractivity contribution is 6.04. The minimum atomic E-state index is -0.343. The van der Waals surface area contributed by atoms with Crippen LogP contribution >= 0.6 is 0 Å². The summed E-state index contributed by atoms with van der Waals surface area (Å²) in [6, 6.07) is 0. The van der Waals surface area contributed by atoms with E-state index >= 15 is 0 Å². The molecular formula is C20H29NO4. The van der Waals surface area contributed by atoms with Crippen LogP contribution in [0.1, 0.15) is 59.3 Å². The number of imide groups is 1. The third-order valence-electron chi connectivity index (χ3n) is 7.69. The van der Waals surface area contributed by atoms with Crippen molar-refractivity contribution in [1.82, 2.24) is 4.90 Å². The maximum absolute atomic E-state index is 12.5. The highest BCUT2D eigenvalue weighted by atomic mass is 16.6. The minimum absolute atomic E-state index is 0.110. The Labute approximate surface area is 149 Å². The fourth-order valence-electron chi connectivity index (χ4n) is 6.03. The molecule has 2 amide bonds. The van der Waals surface area contributed by atoms with E-state index in [9.17, 15) is 14.4 Å². The fourth-order valence-corrected chi connectivity index (χ4v) is 6.03. The number of likely N-dealkylation sites (tertiary alicyclic amines) is 1. The summed E-state index contributed by atoms with van der Waals surface area (Å²) in [5.41, 5.74) is -0.343. The first-order valence-electron chi connectivity index (χ1n) is 9.86. The second kappa shape index (κ2) is 5.82. The summed E-state index contributed by atoms with van der Waals surface area (Å²) in [7, 11) is 0. The molecule has 5 heteroatoms. The topological polar surface area (TPSA) is 63.7 Å². The Kier molecular flexibility index (Phi) is 3.97. The number of carbonyl (C=O) groups excluding carboxylic acids is 3. The normalized spacial score (nSPS) is 45.3. The molecule has 5 rings (SSSR count). The van der Waals surface area contributed by atoms with E-state index in [0.717, 1.165) is 11.8 Å². The van der Waals surface area contributed by atoms with Gasteiger partial charge in [-0.2, -0.15) is 0 Å². The zero-order chi connectivity index (χ0) is 17.9. The van der Waals surface area contributed by atoms with Crippen molar-refractivity contribution < 1.29 is 19.1 Å². The molecule has 0 radical (unpaired) electrons. The van der Waals surface area contributed by atoms with Gasteiger partial charge in [0.05, 0.1) is 6.42 Å². The summed E-state index contributed by atoms with van der Waals surface area (Å²) in [4.78, 5) is 38.0.